The lowest BCUT2D eigenvalue weighted by atomic mass is 10.1. The van der Waals surface area contributed by atoms with E-state index >= 15 is 0 Å². The Bertz CT molecular complexity index is 338. The largest absolute Gasteiger partial charge is 0.368 e. The van der Waals surface area contributed by atoms with E-state index in [1.54, 1.807) is 0 Å². The quantitative estimate of drug-likeness (QED) is 0.840. The zero-order valence-corrected chi connectivity index (χ0v) is 10.2. The number of rotatable bonds is 4. The van der Waals surface area contributed by atoms with Crippen molar-refractivity contribution in [2.75, 3.05) is 23.7 Å². The van der Waals surface area contributed by atoms with Crippen molar-refractivity contribution < 1.29 is 0 Å². The van der Waals surface area contributed by atoms with Gasteiger partial charge in [-0.2, -0.15) is 4.98 Å². The lowest BCUT2D eigenvalue weighted by Gasteiger charge is -2.11. The molecule has 0 aromatic carbocycles. The Balaban J connectivity index is 2.02. The van der Waals surface area contributed by atoms with Crippen LogP contribution in [-0.2, 0) is 6.54 Å². The summed E-state index contributed by atoms with van der Waals surface area (Å²) in [6.07, 6.45) is 3.56. The second kappa shape index (κ2) is 4.72. The molecule has 1 aliphatic heterocycles. The molecule has 0 aliphatic carbocycles. The lowest BCUT2D eigenvalue weighted by Crippen LogP contribution is -2.19. The number of hydrogen-bond donors (Lipinski definition) is 1. The van der Waals surface area contributed by atoms with Gasteiger partial charge in [0.05, 0.1) is 0 Å². The molecule has 0 amide bonds. The van der Waals surface area contributed by atoms with Gasteiger partial charge in [0.15, 0.2) is 0 Å². The first-order valence-electron chi connectivity index (χ1n) is 6.12. The standard InChI is InChI=1S/C11H21N5/c1-9(2)5-8-16-10(12)13-11(14-16)15-6-3-4-7-15/h9H,3-8H2,1-2H3,(H2,12,13,14). The molecule has 0 bridgehead atoms. The predicted octanol–water partition coefficient (Wildman–Crippen LogP) is 1.51. The molecule has 0 spiro atoms. The number of anilines is 2. The molecule has 2 N–H and O–H groups in total. The van der Waals surface area contributed by atoms with Gasteiger partial charge < -0.3 is 10.6 Å². The highest BCUT2D eigenvalue weighted by atomic mass is 15.4. The van der Waals surface area contributed by atoms with Crippen molar-refractivity contribution in [2.24, 2.45) is 5.92 Å². The molecule has 1 fully saturated rings. The number of nitrogen functional groups attached to an aromatic ring is 1. The Labute approximate surface area is 96.6 Å². The minimum absolute atomic E-state index is 0.544. The Hall–Kier alpha value is -1.26. The Morgan fingerprint density at radius 1 is 1.31 bits per heavy atom. The van der Waals surface area contributed by atoms with Crippen molar-refractivity contribution in [3.63, 3.8) is 0 Å². The third kappa shape index (κ3) is 2.46. The summed E-state index contributed by atoms with van der Waals surface area (Å²) >= 11 is 0. The molecule has 0 saturated carbocycles. The maximum atomic E-state index is 5.86. The van der Waals surface area contributed by atoms with Crippen LogP contribution in [0.3, 0.4) is 0 Å². The van der Waals surface area contributed by atoms with E-state index in [0.29, 0.717) is 11.9 Å². The maximum absolute atomic E-state index is 5.86. The summed E-state index contributed by atoms with van der Waals surface area (Å²) < 4.78 is 1.83. The minimum atomic E-state index is 0.544. The fraction of sp³-hybridized carbons (Fsp3) is 0.818. The van der Waals surface area contributed by atoms with Crippen molar-refractivity contribution >= 4 is 11.9 Å². The highest BCUT2D eigenvalue weighted by Crippen LogP contribution is 2.17. The summed E-state index contributed by atoms with van der Waals surface area (Å²) in [6.45, 7) is 7.40. The van der Waals surface area contributed by atoms with E-state index in [4.69, 9.17) is 5.73 Å². The van der Waals surface area contributed by atoms with Gasteiger partial charge in [0, 0.05) is 19.6 Å². The van der Waals surface area contributed by atoms with Gasteiger partial charge in [-0.15, -0.1) is 5.10 Å². The molecular weight excluding hydrogens is 202 g/mol. The van der Waals surface area contributed by atoms with Crippen molar-refractivity contribution in [1.82, 2.24) is 14.8 Å². The topological polar surface area (TPSA) is 60.0 Å². The molecule has 2 heterocycles. The van der Waals surface area contributed by atoms with Gasteiger partial charge in [-0.05, 0) is 25.2 Å². The molecular formula is C11H21N5. The summed E-state index contributed by atoms with van der Waals surface area (Å²) in [5.74, 6) is 2.01. The van der Waals surface area contributed by atoms with Crippen LogP contribution in [0.15, 0.2) is 0 Å². The van der Waals surface area contributed by atoms with Crippen LogP contribution < -0.4 is 10.6 Å². The summed E-state index contributed by atoms with van der Waals surface area (Å²) in [7, 11) is 0. The maximum Gasteiger partial charge on any atom is 0.246 e. The van der Waals surface area contributed by atoms with Crippen molar-refractivity contribution in [3.05, 3.63) is 0 Å². The molecule has 0 atom stereocenters. The first-order valence-corrected chi connectivity index (χ1v) is 6.12. The van der Waals surface area contributed by atoms with Gasteiger partial charge in [0.1, 0.15) is 0 Å². The average molecular weight is 223 g/mol. The van der Waals surface area contributed by atoms with Gasteiger partial charge in [-0.3, -0.25) is 0 Å². The summed E-state index contributed by atoms with van der Waals surface area (Å²) in [4.78, 5) is 6.54. The van der Waals surface area contributed by atoms with Crippen molar-refractivity contribution in [1.29, 1.82) is 0 Å². The van der Waals surface area contributed by atoms with Crippen LogP contribution in [0.4, 0.5) is 11.9 Å². The van der Waals surface area contributed by atoms with Crippen LogP contribution in [0.2, 0.25) is 0 Å². The van der Waals surface area contributed by atoms with Gasteiger partial charge in [0.25, 0.3) is 0 Å². The first kappa shape index (κ1) is 11.2. The Morgan fingerprint density at radius 2 is 2.00 bits per heavy atom. The zero-order valence-electron chi connectivity index (χ0n) is 10.2. The smallest absolute Gasteiger partial charge is 0.246 e. The van der Waals surface area contributed by atoms with Crippen LogP contribution in [0, 0.1) is 5.92 Å². The van der Waals surface area contributed by atoms with Gasteiger partial charge in [-0.25, -0.2) is 4.68 Å². The van der Waals surface area contributed by atoms with E-state index in [9.17, 15) is 0 Å². The fourth-order valence-corrected chi connectivity index (χ4v) is 1.94. The summed E-state index contributed by atoms with van der Waals surface area (Å²) in [5, 5.41) is 4.47. The average Bonchev–Trinajstić information content (AvgIpc) is 2.83. The highest BCUT2D eigenvalue weighted by molar-refractivity contribution is 5.35. The molecule has 90 valence electrons. The molecule has 0 unspecified atom stereocenters. The van der Waals surface area contributed by atoms with E-state index < -0.39 is 0 Å². The molecule has 1 saturated heterocycles. The van der Waals surface area contributed by atoms with E-state index in [0.717, 1.165) is 32.0 Å². The van der Waals surface area contributed by atoms with Crippen LogP contribution in [0.1, 0.15) is 33.1 Å². The predicted molar refractivity (Wildman–Crippen MR) is 65.3 cm³/mol. The number of hydrogen-bond acceptors (Lipinski definition) is 4. The van der Waals surface area contributed by atoms with E-state index in [-0.39, 0.29) is 0 Å². The molecule has 0 radical (unpaired) electrons. The second-order valence-electron chi connectivity index (χ2n) is 4.87. The van der Waals surface area contributed by atoms with Crippen LogP contribution in [-0.4, -0.2) is 27.9 Å². The third-order valence-corrected chi connectivity index (χ3v) is 3.00. The molecule has 2 rings (SSSR count). The minimum Gasteiger partial charge on any atom is -0.368 e. The normalized spacial score (nSPS) is 16.3. The van der Waals surface area contributed by atoms with Crippen LogP contribution in [0.25, 0.3) is 0 Å². The Morgan fingerprint density at radius 3 is 2.62 bits per heavy atom. The summed E-state index contributed by atoms with van der Waals surface area (Å²) in [5.41, 5.74) is 5.86. The molecule has 1 aromatic rings. The number of nitrogens with zero attached hydrogens (tertiary/aromatic N) is 4. The molecule has 5 heteroatoms. The van der Waals surface area contributed by atoms with E-state index in [1.165, 1.54) is 12.8 Å². The van der Waals surface area contributed by atoms with Crippen LogP contribution >= 0.6 is 0 Å². The van der Waals surface area contributed by atoms with Crippen LogP contribution in [0.5, 0.6) is 0 Å². The molecule has 1 aromatic heterocycles. The fourth-order valence-electron chi connectivity index (χ4n) is 1.94. The van der Waals surface area contributed by atoms with Gasteiger partial charge in [-0.1, -0.05) is 13.8 Å². The molecule has 5 nitrogen and oxygen atoms in total. The van der Waals surface area contributed by atoms with Gasteiger partial charge >= 0.3 is 0 Å². The number of aryl methyl sites for hydroxylation is 1. The Kier molecular flexibility index (Phi) is 3.31. The monoisotopic (exact) mass is 223 g/mol. The number of nitrogens with two attached hydrogens (primary N) is 1. The first-order chi connectivity index (χ1) is 7.66. The second-order valence-corrected chi connectivity index (χ2v) is 4.87. The SMILES string of the molecule is CC(C)CCn1nc(N2CCCC2)nc1N. The van der Waals surface area contributed by atoms with E-state index in [2.05, 4.69) is 28.8 Å². The third-order valence-electron chi connectivity index (χ3n) is 3.00. The van der Waals surface area contributed by atoms with E-state index in [1.807, 2.05) is 4.68 Å². The zero-order chi connectivity index (χ0) is 11.5. The van der Waals surface area contributed by atoms with Crippen molar-refractivity contribution in [2.45, 2.75) is 39.7 Å². The van der Waals surface area contributed by atoms with Crippen molar-refractivity contribution in [3.8, 4) is 0 Å². The highest BCUT2D eigenvalue weighted by Gasteiger charge is 2.17. The molecule has 16 heavy (non-hydrogen) atoms. The van der Waals surface area contributed by atoms with Gasteiger partial charge in [0.2, 0.25) is 11.9 Å². The lowest BCUT2D eigenvalue weighted by molar-refractivity contribution is 0.491. The number of aromatic nitrogens is 3. The molecule has 1 aliphatic rings. The summed E-state index contributed by atoms with van der Waals surface area (Å²) in [6, 6.07) is 0.